The van der Waals surface area contributed by atoms with Crippen molar-refractivity contribution in [2.45, 2.75) is 25.7 Å². The first-order valence-corrected chi connectivity index (χ1v) is 7.96. The highest BCUT2D eigenvalue weighted by Crippen LogP contribution is 2.25. The van der Waals surface area contributed by atoms with Gasteiger partial charge in [-0.3, -0.25) is 0 Å². The summed E-state index contributed by atoms with van der Waals surface area (Å²) < 4.78 is 27.2. The van der Waals surface area contributed by atoms with Crippen LogP contribution in [-0.2, 0) is 10.0 Å². The lowest BCUT2D eigenvalue weighted by atomic mass is 10.1. The van der Waals surface area contributed by atoms with Crippen LogP contribution in [0, 0.1) is 12.8 Å². The number of sulfonamides is 1. The van der Waals surface area contributed by atoms with Gasteiger partial charge in [0, 0.05) is 11.0 Å². The number of carbonyl (C=O) groups is 1. The Balaban J connectivity index is 3.29. The molecule has 0 saturated carbocycles. The number of rotatable bonds is 5. The molecule has 0 aromatic heterocycles. The number of benzene rings is 1. The zero-order valence-corrected chi connectivity index (χ0v) is 13.3. The van der Waals surface area contributed by atoms with Crippen molar-refractivity contribution >= 4 is 31.9 Å². The van der Waals surface area contributed by atoms with Gasteiger partial charge in [0.05, 0.1) is 10.5 Å². The first kappa shape index (κ1) is 16.1. The zero-order valence-electron chi connectivity index (χ0n) is 10.9. The van der Waals surface area contributed by atoms with Crippen LogP contribution in [0.15, 0.2) is 21.5 Å². The first-order chi connectivity index (χ1) is 8.65. The predicted octanol–water partition coefficient (Wildman–Crippen LogP) is 2.39. The third-order valence-electron chi connectivity index (χ3n) is 2.51. The molecule has 0 fully saturated rings. The minimum Gasteiger partial charge on any atom is -0.478 e. The van der Waals surface area contributed by atoms with Crippen molar-refractivity contribution in [1.82, 2.24) is 4.72 Å². The Labute approximate surface area is 121 Å². The van der Waals surface area contributed by atoms with Crippen molar-refractivity contribution < 1.29 is 18.3 Å². The molecule has 0 bridgehead atoms. The molecule has 0 heterocycles. The minimum absolute atomic E-state index is 0.0140. The number of carboxylic acid groups (broad SMARTS) is 1. The molecule has 106 valence electrons. The number of hydrogen-bond donors (Lipinski definition) is 2. The second-order valence-corrected chi connectivity index (χ2v) is 7.22. The van der Waals surface area contributed by atoms with Gasteiger partial charge >= 0.3 is 5.97 Å². The zero-order chi connectivity index (χ0) is 14.8. The van der Waals surface area contributed by atoms with Gasteiger partial charge in [0.1, 0.15) is 0 Å². The van der Waals surface area contributed by atoms with Crippen molar-refractivity contribution in [1.29, 1.82) is 0 Å². The van der Waals surface area contributed by atoms with Gasteiger partial charge in [-0.15, -0.1) is 0 Å². The Kier molecular flexibility index (Phi) is 5.11. The van der Waals surface area contributed by atoms with Crippen molar-refractivity contribution in [3.05, 3.63) is 27.7 Å². The van der Waals surface area contributed by atoms with Crippen LogP contribution in [0.25, 0.3) is 0 Å². The van der Waals surface area contributed by atoms with Crippen molar-refractivity contribution in [3.63, 3.8) is 0 Å². The topological polar surface area (TPSA) is 83.5 Å². The van der Waals surface area contributed by atoms with E-state index in [1.54, 1.807) is 6.92 Å². The average Bonchev–Trinajstić information content (AvgIpc) is 2.29. The molecule has 5 nitrogen and oxygen atoms in total. The van der Waals surface area contributed by atoms with Crippen molar-refractivity contribution in [2.24, 2.45) is 5.92 Å². The summed E-state index contributed by atoms with van der Waals surface area (Å²) in [5.74, 6) is -0.998. The molecule has 2 N–H and O–H groups in total. The van der Waals surface area contributed by atoms with Gasteiger partial charge in [0.2, 0.25) is 10.0 Å². The van der Waals surface area contributed by atoms with E-state index in [9.17, 15) is 13.2 Å². The quantitative estimate of drug-likeness (QED) is 0.854. The summed E-state index contributed by atoms with van der Waals surface area (Å²) in [7, 11) is -3.71. The van der Waals surface area contributed by atoms with E-state index in [4.69, 9.17) is 5.11 Å². The van der Waals surface area contributed by atoms with Crippen LogP contribution in [0.5, 0.6) is 0 Å². The van der Waals surface area contributed by atoms with Gasteiger partial charge < -0.3 is 5.11 Å². The lowest BCUT2D eigenvalue weighted by molar-refractivity contribution is 0.0696. The van der Waals surface area contributed by atoms with E-state index in [0.717, 1.165) is 0 Å². The van der Waals surface area contributed by atoms with Crippen LogP contribution in [0.4, 0.5) is 0 Å². The van der Waals surface area contributed by atoms with Crippen LogP contribution in [0.1, 0.15) is 29.8 Å². The Morgan fingerprint density at radius 2 is 2.00 bits per heavy atom. The molecule has 0 amide bonds. The highest BCUT2D eigenvalue weighted by molar-refractivity contribution is 9.10. The maximum absolute atomic E-state index is 12.2. The lowest BCUT2D eigenvalue weighted by Gasteiger charge is -2.12. The Hall–Kier alpha value is -0.920. The molecule has 1 aromatic rings. The number of nitrogens with one attached hydrogen (secondary N) is 1. The fourth-order valence-electron chi connectivity index (χ4n) is 1.41. The van der Waals surface area contributed by atoms with E-state index >= 15 is 0 Å². The molecule has 0 aliphatic carbocycles. The normalized spacial score (nSPS) is 11.8. The first-order valence-electron chi connectivity index (χ1n) is 5.68. The maximum Gasteiger partial charge on any atom is 0.335 e. The molecule has 0 atom stereocenters. The third kappa shape index (κ3) is 4.02. The molecule has 0 aliphatic rings. The van der Waals surface area contributed by atoms with E-state index in [-0.39, 0.29) is 16.4 Å². The largest absolute Gasteiger partial charge is 0.478 e. The molecular formula is C12H16BrNO4S. The number of aromatic carboxylic acids is 1. The van der Waals surface area contributed by atoms with E-state index in [1.807, 2.05) is 13.8 Å². The molecule has 0 spiro atoms. The Morgan fingerprint density at radius 1 is 1.42 bits per heavy atom. The molecule has 0 unspecified atom stereocenters. The standard InChI is InChI=1S/C12H16BrNO4S/c1-7(2)6-14-19(17,18)11-5-9(12(15)16)4-10(13)8(11)3/h4-5,7,14H,6H2,1-3H3,(H,15,16). The van der Waals surface area contributed by atoms with Gasteiger partial charge in [-0.05, 0) is 30.5 Å². The fraction of sp³-hybridized carbons (Fsp3) is 0.417. The van der Waals surface area contributed by atoms with Gasteiger partial charge in [0.25, 0.3) is 0 Å². The second kappa shape index (κ2) is 6.02. The highest BCUT2D eigenvalue weighted by Gasteiger charge is 2.21. The molecule has 1 rings (SSSR count). The SMILES string of the molecule is Cc1c(Br)cc(C(=O)O)cc1S(=O)(=O)NCC(C)C. The van der Waals surface area contributed by atoms with Gasteiger partial charge in [-0.2, -0.15) is 0 Å². The van der Waals surface area contributed by atoms with Crippen LogP contribution >= 0.6 is 15.9 Å². The number of hydrogen-bond acceptors (Lipinski definition) is 3. The van der Waals surface area contributed by atoms with E-state index in [1.165, 1.54) is 12.1 Å². The van der Waals surface area contributed by atoms with Gasteiger partial charge in [0.15, 0.2) is 0 Å². The third-order valence-corrected chi connectivity index (χ3v) is 4.89. The molecule has 19 heavy (non-hydrogen) atoms. The van der Waals surface area contributed by atoms with Crippen molar-refractivity contribution in [2.75, 3.05) is 6.54 Å². The molecular weight excluding hydrogens is 334 g/mol. The smallest absolute Gasteiger partial charge is 0.335 e. The lowest BCUT2D eigenvalue weighted by Crippen LogP contribution is -2.28. The van der Waals surface area contributed by atoms with E-state index in [0.29, 0.717) is 16.6 Å². The molecule has 1 aromatic carbocycles. The van der Waals surface area contributed by atoms with E-state index < -0.39 is 16.0 Å². The molecule has 0 aliphatic heterocycles. The van der Waals surface area contributed by atoms with Crippen LogP contribution in [-0.4, -0.2) is 26.0 Å². The average molecular weight is 350 g/mol. The van der Waals surface area contributed by atoms with E-state index in [2.05, 4.69) is 20.7 Å². The summed E-state index contributed by atoms with van der Waals surface area (Å²) in [6.45, 7) is 5.70. The Morgan fingerprint density at radius 3 is 2.47 bits per heavy atom. The van der Waals surface area contributed by atoms with Gasteiger partial charge in [-0.25, -0.2) is 17.9 Å². The maximum atomic E-state index is 12.2. The Bertz CT molecular complexity index is 596. The molecule has 7 heteroatoms. The van der Waals surface area contributed by atoms with Crippen LogP contribution in [0.3, 0.4) is 0 Å². The summed E-state index contributed by atoms with van der Waals surface area (Å²) in [6, 6.07) is 2.56. The summed E-state index contributed by atoms with van der Waals surface area (Å²) in [5, 5.41) is 8.97. The van der Waals surface area contributed by atoms with Gasteiger partial charge in [-0.1, -0.05) is 29.8 Å². The van der Waals surface area contributed by atoms with Crippen LogP contribution < -0.4 is 4.72 Å². The van der Waals surface area contributed by atoms with Crippen LogP contribution in [0.2, 0.25) is 0 Å². The number of halogens is 1. The summed E-state index contributed by atoms with van der Waals surface area (Å²) in [4.78, 5) is 11.0. The highest BCUT2D eigenvalue weighted by atomic mass is 79.9. The summed E-state index contributed by atoms with van der Waals surface area (Å²) in [6.07, 6.45) is 0. The molecule has 0 radical (unpaired) electrons. The molecule has 0 saturated heterocycles. The number of carboxylic acids is 1. The minimum atomic E-state index is -3.71. The summed E-state index contributed by atoms with van der Waals surface area (Å²) >= 11 is 3.18. The summed E-state index contributed by atoms with van der Waals surface area (Å²) in [5.41, 5.74) is 0.420. The predicted molar refractivity (Wildman–Crippen MR) is 75.9 cm³/mol. The fourth-order valence-corrected chi connectivity index (χ4v) is 3.51. The monoisotopic (exact) mass is 349 g/mol. The second-order valence-electron chi connectivity index (χ2n) is 4.63. The van der Waals surface area contributed by atoms with Crippen molar-refractivity contribution in [3.8, 4) is 0 Å².